The molecule has 0 amide bonds. The van der Waals surface area contributed by atoms with Crippen molar-refractivity contribution >= 4 is 5.96 Å². The summed E-state index contributed by atoms with van der Waals surface area (Å²) in [4.78, 5) is 10.8. The molecular formula is C20H31N5O3. The summed E-state index contributed by atoms with van der Waals surface area (Å²) >= 11 is 0. The number of rotatable bonds is 9. The van der Waals surface area contributed by atoms with E-state index in [9.17, 15) is 0 Å². The Kier molecular flexibility index (Phi) is 8.10. The number of nitrogens with zero attached hydrogens (tertiary/aromatic N) is 4. The van der Waals surface area contributed by atoms with E-state index in [1.165, 1.54) is 0 Å². The molecule has 1 aromatic carbocycles. The molecule has 0 bridgehead atoms. The third-order valence-electron chi connectivity index (χ3n) is 4.33. The van der Waals surface area contributed by atoms with Gasteiger partial charge in [-0.25, -0.2) is 0 Å². The zero-order chi connectivity index (χ0) is 20.5. The van der Waals surface area contributed by atoms with E-state index >= 15 is 0 Å². The highest BCUT2D eigenvalue weighted by molar-refractivity contribution is 5.79. The molecule has 0 spiro atoms. The molecule has 0 atom stereocenters. The summed E-state index contributed by atoms with van der Waals surface area (Å²) in [7, 11) is 7.07. The normalized spacial score (nSPS) is 11.6. The number of guanidine groups is 1. The van der Waals surface area contributed by atoms with E-state index in [2.05, 4.69) is 20.4 Å². The molecule has 1 aromatic heterocycles. The maximum Gasteiger partial charge on any atom is 0.226 e. The predicted molar refractivity (Wildman–Crippen MR) is 109 cm³/mol. The highest BCUT2D eigenvalue weighted by Crippen LogP contribution is 2.25. The Labute approximate surface area is 166 Å². The van der Waals surface area contributed by atoms with Crippen LogP contribution in [0.3, 0.4) is 0 Å². The lowest BCUT2D eigenvalue weighted by atomic mass is 10.2. The summed E-state index contributed by atoms with van der Waals surface area (Å²) in [5.41, 5.74) is 1.06. The molecule has 1 heterocycles. The minimum absolute atomic E-state index is 0.276. The van der Waals surface area contributed by atoms with Gasteiger partial charge in [-0.15, -0.1) is 0 Å². The van der Waals surface area contributed by atoms with Crippen LogP contribution in [0.1, 0.15) is 43.5 Å². The molecule has 1 N–H and O–H groups in total. The van der Waals surface area contributed by atoms with Gasteiger partial charge >= 0.3 is 0 Å². The van der Waals surface area contributed by atoms with Crippen molar-refractivity contribution in [2.24, 2.45) is 4.99 Å². The number of hydrogen-bond donors (Lipinski definition) is 1. The van der Waals surface area contributed by atoms with E-state index in [1.54, 1.807) is 21.3 Å². The Morgan fingerprint density at radius 1 is 1.29 bits per heavy atom. The minimum atomic E-state index is 0.276. The summed E-state index contributed by atoms with van der Waals surface area (Å²) in [5, 5.41) is 7.36. The molecule has 2 rings (SSSR count). The first-order valence-electron chi connectivity index (χ1n) is 9.43. The van der Waals surface area contributed by atoms with Crippen molar-refractivity contribution in [1.82, 2.24) is 20.4 Å². The second-order valence-corrected chi connectivity index (χ2v) is 6.81. The second kappa shape index (κ2) is 10.5. The monoisotopic (exact) mass is 389 g/mol. The fourth-order valence-electron chi connectivity index (χ4n) is 2.74. The van der Waals surface area contributed by atoms with Crippen LogP contribution >= 0.6 is 0 Å². The average Bonchev–Trinajstić information content (AvgIpc) is 3.17. The standard InChI is InChI=1S/C20H31N5O3/c1-14(2)19-23-18(28-24-19)8-7-11-22-20(21-3)25(4)13-15-9-10-16(26-5)12-17(15)27-6/h9-10,12,14H,7-8,11,13H2,1-6H3,(H,21,22). The van der Waals surface area contributed by atoms with Crippen molar-refractivity contribution in [2.75, 3.05) is 34.9 Å². The minimum Gasteiger partial charge on any atom is -0.497 e. The van der Waals surface area contributed by atoms with E-state index in [-0.39, 0.29) is 5.92 Å². The van der Waals surface area contributed by atoms with Gasteiger partial charge in [0.25, 0.3) is 0 Å². The van der Waals surface area contributed by atoms with Crippen LogP contribution in [-0.4, -0.2) is 55.9 Å². The summed E-state index contributed by atoms with van der Waals surface area (Å²) in [6.45, 7) is 5.52. The van der Waals surface area contributed by atoms with Crippen molar-refractivity contribution < 1.29 is 14.0 Å². The second-order valence-electron chi connectivity index (χ2n) is 6.81. The van der Waals surface area contributed by atoms with Crippen molar-refractivity contribution in [1.29, 1.82) is 0 Å². The molecule has 0 aliphatic carbocycles. The number of methoxy groups -OCH3 is 2. The molecule has 8 nitrogen and oxygen atoms in total. The molecule has 0 saturated heterocycles. The molecule has 0 aliphatic heterocycles. The quantitative estimate of drug-likeness (QED) is 0.401. The summed E-state index contributed by atoms with van der Waals surface area (Å²) in [6.07, 6.45) is 1.61. The average molecular weight is 390 g/mol. The van der Waals surface area contributed by atoms with Crippen LogP contribution in [0.25, 0.3) is 0 Å². The SMILES string of the molecule is CN=C(NCCCc1nc(C(C)C)no1)N(C)Cc1ccc(OC)cc1OC. The molecule has 0 aliphatic rings. The number of benzene rings is 1. The fraction of sp³-hybridized carbons (Fsp3) is 0.550. The third-order valence-corrected chi connectivity index (χ3v) is 4.33. The first-order valence-corrected chi connectivity index (χ1v) is 9.43. The van der Waals surface area contributed by atoms with E-state index in [4.69, 9.17) is 14.0 Å². The number of nitrogens with one attached hydrogen (secondary N) is 1. The van der Waals surface area contributed by atoms with Crippen LogP contribution in [0.4, 0.5) is 0 Å². The number of aryl methyl sites for hydroxylation is 1. The Morgan fingerprint density at radius 2 is 2.07 bits per heavy atom. The van der Waals surface area contributed by atoms with E-state index in [1.807, 2.05) is 44.0 Å². The zero-order valence-corrected chi connectivity index (χ0v) is 17.7. The topological polar surface area (TPSA) is 85.0 Å². The zero-order valence-electron chi connectivity index (χ0n) is 17.7. The van der Waals surface area contributed by atoms with Crippen molar-refractivity contribution in [3.63, 3.8) is 0 Å². The summed E-state index contributed by atoms with van der Waals surface area (Å²) in [6, 6.07) is 5.82. The molecule has 28 heavy (non-hydrogen) atoms. The maximum absolute atomic E-state index is 5.48. The Balaban J connectivity index is 1.85. The Bertz CT molecular complexity index is 773. The van der Waals surface area contributed by atoms with Gasteiger partial charge in [0.2, 0.25) is 5.89 Å². The van der Waals surface area contributed by atoms with E-state index in [0.717, 1.165) is 48.2 Å². The molecule has 0 radical (unpaired) electrons. The van der Waals surface area contributed by atoms with Crippen LogP contribution in [-0.2, 0) is 13.0 Å². The van der Waals surface area contributed by atoms with Crippen molar-refractivity contribution in [3.8, 4) is 11.5 Å². The Morgan fingerprint density at radius 3 is 2.68 bits per heavy atom. The van der Waals surface area contributed by atoms with Crippen LogP contribution in [0.2, 0.25) is 0 Å². The summed E-state index contributed by atoms with van der Waals surface area (Å²) in [5.74, 6) is 4.08. The van der Waals surface area contributed by atoms with Crippen molar-refractivity contribution in [2.45, 2.75) is 39.2 Å². The molecule has 0 saturated carbocycles. The van der Waals surface area contributed by atoms with Crippen LogP contribution in [0, 0.1) is 0 Å². The van der Waals surface area contributed by atoms with Crippen LogP contribution in [0.15, 0.2) is 27.7 Å². The number of aliphatic imine (C=N–C) groups is 1. The first-order chi connectivity index (χ1) is 13.5. The van der Waals surface area contributed by atoms with Gasteiger partial charge in [0.15, 0.2) is 11.8 Å². The fourth-order valence-corrected chi connectivity index (χ4v) is 2.74. The van der Waals surface area contributed by atoms with Crippen LogP contribution < -0.4 is 14.8 Å². The lowest BCUT2D eigenvalue weighted by Crippen LogP contribution is -2.39. The third kappa shape index (κ3) is 5.87. The molecule has 8 heteroatoms. The van der Waals surface area contributed by atoms with Gasteiger partial charge in [-0.2, -0.15) is 4.98 Å². The number of aromatic nitrogens is 2. The largest absolute Gasteiger partial charge is 0.497 e. The maximum atomic E-state index is 5.48. The van der Waals surface area contributed by atoms with Gasteiger partial charge in [0, 0.05) is 51.2 Å². The number of hydrogen-bond acceptors (Lipinski definition) is 6. The van der Waals surface area contributed by atoms with Crippen molar-refractivity contribution in [3.05, 3.63) is 35.5 Å². The summed E-state index contributed by atoms with van der Waals surface area (Å²) < 4.78 is 16.0. The predicted octanol–water partition coefficient (Wildman–Crippen LogP) is 2.85. The highest BCUT2D eigenvalue weighted by Gasteiger charge is 2.12. The van der Waals surface area contributed by atoms with E-state index in [0.29, 0.717) is 12.4 Å². The van der Waals surface area contributed by atoms with Gasteiger partial charge in [-0.1, -0.05) is 19.0 Å². The highest BCUT2D eigenvalue weighted by atomic mass is 16.5. The molecule has 0 unspecified atom stereocenters. The molecular weight excluding hydrogens is 358 g/mol. The van der Waals surface area contributed by atoms with E-state index < -0.39 is 0 Å². The Hall–Kier alpha value is -2.77. The van der Waals surface area contributed by atoms with Gasteiger partial charge in [-0.3, -0.25) is 4.99 Å². The van der Waals surface area contributed by atoms with Gasteiger partial charge < -0.3 is 24.2 Å². The molecule has 0 fully saturated rings. The molecule has 154 valence electrons. The van der Waals surface area contributed by atoms with Gasteiger partial charge in [0.1, 0.15) is 11.5 Å². The van der Waals surface area contributed by atoms with Gasteiger partial charge in [0.05, 0.1) is 14.2 Å². The van der Waals surface area contributed by atoms with Gasteiger partial charge in [-0.05, 0) is 18.6 Å². The van der Waals surface area contributed by atoms with Crippen LogP contribution in [0.5, 0.6) is 11.5 Å². The lowest BCUT2D eigenvalue weighted by molar-refractivity contribution is 0.368. The first kappa shape index (κ1) is 21.5. The molecule has 2 aromatic rings. The number of ether oxygens (including phenoxy) is 2. The lowest BCUT2D eigenvalue weighted by Gasteiger charge is -2.23. The smallest absolute Gasteiger partial charge is 0.226 e.